The highest BCUT2D eigenvalue weighted by molar-refractivity contribution is 7.12. The summed E-state index contributed by atoms with van der Waals surface area (Å²) >= 11 is 2.67. The highest BCUT2D eigenvalue weighted by atomic mass is 32.1. The summed E-state index contributed by atoms with van der Waals surface area (Å²) < 4.78 is 7.14. The first-order valence-electron chi connectivity index (χ1n) is 13.2. The third-order valence-electron chi connectivity index (χ3n) is 8.53. The molecule has 3 unspecified atom stereocenters. The summed E-state index contributed by atoms with van der Waals surface area (Å²) in [5, 5.41) is 17.8. The number of carbonyl (C=O) groups excluding carboxylic acids is 1. The predicted octanol–water partition coefficient (Wildman–Crippen LogP) is 5.53. The largest absolute Gasteiger partial charge is 0.833 e. The Balaban J connectivity index is 1.22. The summed E-state index contributed by atoms with van der Waals surface area (Å²) in [6, 6.07) is 16.6. The van der Waals surface area contributed by atoms with Gasteiger partial charge in [-0.05, 0) is 67.5 Å². The quantitative estimate of drug-likeness (QED) is 0.199. The minimum atomic E-state index is -1.97. The third-order valence-corrected chi connectivity index (χ3v) is 10.5. The lowest BCUT2D eigenvalue weighted by molar-refractivity contribution is -0.918. The Morgan fingerprint density at radius 3 is 2.31 bits per heavy atom. The molecule has 0 radical (unpaired) electrons. The molecule has 2 aliphatic rings. The van der Waals surface area contributed by atoms with E-state index in [1.54, 1.807) is 12.1 Å². The normalized spacial score (nSPS) is 23.8. The molecule has 4 nitrogen and oxygen atoms in total. The summed E-state index contributed by atoms with van der Waals surface area (Å²) in [5.74, 6) is 0.0742. The van der Waals surface area contributed by atoms with Crippen LogP contribution in [0.1, 0.15) is 53.0 Å². The van der Waals surface area contributed by atoms with E-state index in [4.69, 9.17) is 4.74 Å². The molecule has 4 atom stereocenters. The first kappa shape index (κ1) is 25.7. The monoisotopic (exact) mass is 523 g/mol. The van der Waals surface area contributed by atoms with Crippen molar-refractivity contribution in [3.63, 3.8) is 0 Å². The van der Waals surface area contributed by atoms with Crippen molar-refractivity contribution in [2.75, 3.05) is 20.6 Å². The van der Waals surface area contributed by atoms with Crippen LogP contribution in [0.4, 0.5) is 0 Å². The SMILES string of the molecule is Cc1ccc(CCCC[N+](C)(C)[C@H]2CC3CCC2C3OC(=O)C([O-])(c2cccs2)c2cccs2)cc1. The van der Waals surface area contributed by atoms with Gasteiger partial charge in [0.2, 0.25) is 0 Å². The predicted molar refractivity (Wildman–Crippen MR) is 145 cm³/mol. The van der Waals surface area contributed by atoms with Crippen LogP contribution in [0, 0.1) is 18.8 Å². The second-order valence-electron chi connectivity index (χ2n) is 11.3. The van der Waals surface area contributed by atoms with Crippen LogP contribution >= 0.6 is 22.7 Å². The molecule has 0 saturated heterocycles. The number of esters is 1. The Labute approximate surface area is 223 Å². The van der Waals surface area contributed by atoms with Crippen molar-refractivity contribution in [1.29, 1.82) is 0 Å². The van der Waals surface area contributed by atoms with Crippen LogP contribution in [0.2, 0.25) is 0 Å². The lowest BCUT2D eigenvalue weighted by Gasteiger charge is -2.41. The van der Waals surface area contributed by atoms with E-state index >= 15 is 0 Å². The highest BCUT2D eigenvalue weighted by Crippen LogP contribution is 2.50. The zero-order chi connectivity index (χ0) is 25.3. The molecule has 2 aliphatic carbocycles. The number of ether oxygens (including phenoxy) is 1. The lowest BCUT2D eigenvalue weighted by Crippen LogP contribution is -2.53. The number of hydrogen-bond acceptors (Lipinski definition) is 5. The van der Waals surface area contributed by atoms with E-state index in [-0.39, 0.29) is 6.10 Å². The molecule has 2 saturated carbocycles. The van der Waals surface area contributed by atoms with Crippen LogP contribution in [0.15, 0.2) is 59.3 Å². The van der Waals surface area contributed by atoms with Crippen LogP contribution in [0.5, 0.6) is 0 Å². The maximum atomic E-state index is 14.1. The van der Waals surface area contributed by atoms with E-state index in [2.05, 4.69) is 45.3 Å². The number of hydrogen-bond donors (Lipinski definition) is 0. The first-order chi connectivity index (χ1) is 17.3. The van der Waals surface area contributed by atoms with Gasteiger partial charge in [0.25, 0.3) is 0 Å². The number of rotatable bonds is 10. The molecule has 3 aromatic rings. The summed E-state index contributed by atoms with van der Waals surface area (Å²) in [6.45, 7) is 3.25. The minimum absolute atomic E-state index is 0.138. The molecule has 2 fully saturated rings. The van der Waals surface area contributed by atoms with Crippen molar-refractivity contribution in [3.05, 3.63) is 80.2 Å². The van der Waals surface area contributed by atoms with Crippen LogP contribution < -0.4 is 5.11 Å². The summed E-state index contributed by atoms with van der Waals surface area (Å²) in [4.78, 5) is 14.6. The van der Waals surface area contributed by atoms with Gasteiger partial charge in [0.1, 0.15) is 6.10 Å². The van der Waals surface area contributed by atoms with Gasteiger partial charge in [-0.25, -0.2) is 0 Å². The second-order valence-corrected chi connectivity index (χ2v) is 13.2. The van der Waals surface area contributed by atoms with Crippen LogP contribution in [-0.4, -0.2) is 43.2 Å². The Morgan fingerprint density at radius 1 is 1.03 bits per heavy atom. The second kappa shape index (κ2) is 10.4. The Hall–Kier alpha value is -1.99. The third kappa shape index (κ3) is 4.93. The molecule has 6 heteroatoms. The topological polar surface area (TPSA) is 49.4 Å². The fourth-order valence-electron chi connectivity index (χ4n) is 6.48. The van der Waals surface area contributed by atoms with Gasteiger partial charge in [0.05, 0.1) is 32.3 Å². The number of benzene rings is 1. The number of carbonyl (C=O) groups is 1. The van der Waals surface area contributed by atoms with Crippen molar-refractivity contribution in [1.82, 2.24) is 0 Å². The molecule has 2 aromatic heterocycles. The fourth-order valence-corrected chi connectivity index (χ4v) is 8.18. The molecule has 0 spiro atoms. The molecule has 0 aliphatic heterocycles. The standard InChI is InChI=1S/C30H37NO3S2/c1-21-11-13-22(14-12-21)8-4-5-17-31(2,3)25-20-23-15-16-24(25)28(23)34-29(32)30(33,26-9-6-18-35-26)27-10-7-19-36-27/h6-7,9-14,18-19,23-25,28H,4-5,8,15-17,20H2,1-3H3/t23?,24?,25-,28?/m0/s1. The van der Waals surface area contributed by atoms with Crippen molar-refractivity contribution >= 4 is 28.6 Å². The Bertz CT molecular complexity index is 1100. The summed E-state index contributed by atoms with van der Waals surface area (Å²) in [5.41, 5.74) is 0.749. The molecule has 2 bridgehead atoms. The molecule has 2 heterocycles. The maximum absolute atomic E-state index is 14.1. The fraction of sp³-hybridized carbons (Fsp3) is 0.500. The van der Waals surface area contributed by atoms with E-state index < -0.39 is 11.6 Å². The number of aryl methyl sites for hydroxylation is 2. The molecule has 5 rings (SSSR count). The van der Waals surface area contributed by atoms with Crippen molar-refractivity contribution in [3.8, 4) is 0 Å². The number of nitrogens with zero attached hydrogens (tertiary/aromatic N) is 1. The molecular formula is C30H37NO3S2. The molecule has 192 valence electrons. The smallest absolute Gasteiger partial charge is 0.306 e. The van der Waals surface area contributed by atoms with Crippen molar-refractivity contribution < 1.29 is 19.1 Å². The van der Waals surface area contributed by atoms with E-state index in [0.717, 1.165) is 36.7 Å². The Morgan fingerprint density at radius 2 is 1.69 bits per heavy atom. The van der Waals surface area contributed by atoms with Crippen LogP contribution in [0.3, 0.4) is 0 Å². The highest BCUT2D eigenvalue weighted by Gasteiger charge is 2.56. The number of quaternary nitrogens is 1. The van der Waals surface area contributed by atoms with E-state index in [1.165, 1.54) is 46.6 Å². The van der Waals surface area contributed by atoms with Gasteiger partial charge in [0, 0.05) is 28.0 Å². The first-order valence-corrected chi connectivity index (χ1v) is 14.9. The molecular weight excluding hydrogens is 486 g/mol. The molecule has 36 heavy (non-hydrogen) atoms. The summed E-state index contributed by atoms with van der Waals surface area (Å²) in [6.07, 6.45) is 6.61. The minimum Gasteiger partial charge on any atom is -0.833 e. The van der Waals surface area contributed by atoms with Gasteiger partial charge in [-0.15, -0.1) is 22.7 Å². The van der Waals surface area contributed by atoms with Crippen LogP contribution in [0.25, 0.3) is 0 Å². The number of thiophene rings is 2. The molecule has 0 amide bonds. The maximum Gasteiger partial charge on any atom is 0.306 e. The molecule has 0 N–H and O–H groups in total. The van der Waals surface area contributed by atoms with E-state index in [1.807, 2.05) is 22.9 Å². The van der Waals surface area contributed by atoms with E-state index in [9.17, 15) is 9.90 Å². The van der Waals surface area contributed by atoms with Gasteiger partial charge in [-0.3, -0.25) is 4.79 Å². The van der Waals surface area contributed by atoms with Gasteiger partial charge in [-0.2, -0.15) is 0 Å². The number of unbranched alkanes of at least 4 members (excludes halogenated alkanes) is 1. The Kier molecular flexibility index (Phi) is 7.42. The number of fused-ring (bicyclic) bond motifs is 2. The lowest BCUT2D eigenvalue weighted by atomic mass is 9.92. The van der Waals surface area contributed by atoms with Gasteiger partial charge in [0.15, 0.2) is 0 Å². The average Bonchev–Trinajstić information content (AvgIpc) is 3.68. The van der Waals surface area contributed by atoms with Gasteiger partial charge in [-0.1, -0.05) is 42.0 Å². The zero-order valence-electron chi connectivity index (χ0n) is 21.5. The summed E-state index contributed by atoms with van der Waals surface area (Å²) in [7, 11) is 4.68. The van der Waals surface area contributed by atoms with Gasteiger partial charge < -0.3 is 14.3 Å². The van der Waals surface area contributed by atoms with Gasteiger partial charge >= 0.3 is 5.97 Å². The zero-order valence-corrected chi connectivity index (χ0v) is 23.2. The van der Waals surface area contributed by atoms with E-state index in [0.29, 0.717) is 27.6 Å². The molecule has 1 aromatic carbocycles. The average molecular weight is 524 g/mol. The van der Waals surface area contributed by atoms with Crippen molar-refractivity contribution in [2.24, 2.45) is 11.8 Å². The van der Waals surface area contributed by atoms with Crippen LogP contribution in [-0.2, 0) is 21.6 Å². The van der Waals surface area contributed by atoms with Crippen molar-refractivity contribution in [2.45, 2.75) is 63.2 Å².